The Morgan fingerprint density at radius 3 is 0.831 bits per heavy atom. The number of hydrogen-bond acceptors (Lipinski definition) is 11. The fourth-order valence-electron chi connectivity index (χ4n) is 11.9. The van der Waals surface area contributed by atoms with Gasteiger partial charge in [0, 0.05) is 0 Å². The Bertz CT molecular complexity index is 3370. The van der Waals surface area contributed by atoms with E-state index in [-0.39, 0.29) is 57.9 Å². The van der Waals surface area contributed by atoms with Crippen LogP contribution < -0.4 is 10.4 Å². The van der Waals surface area contributed by atoms with E-state index in [1.165, 1.54) is 0 Å². The molecular weight excluding hydrogens is 1130 g/mol. The number of ether oxygens (including phenoxy) is 10. The van der Waals surface area contributed by atoms with Crippen LogP contribution in [0.2, 0.25) is 5.04 Å². The highest BCUT2D eigenvalue weighted by Crippen LogP contribution is 2.40. The molecule has 460 valence electrons. The summed E-state index contributed by atoms with van der Waals surface area (Å²) < 4.78 is 80.7. The van der Waals surface area contributed by atoms with Gasteiger partial charge in [-0.1, -0.05) is 294 Å². The van der Waals surface area contributed by atoms with Gasteiger partial charge in [0.15, 0.2) is 12.6 Å². The zero-order valence-corrected chi connectivity index (χ0v) is 52.1. The lowest BCUT2D eigenvalue weighted by Gasteiger charge is -2.50. The number of benzene rings is 9. The predicted octanol–water partition coefficient (Wildman–Crippen LogP) is 13.8. The largest absolute Gasteiger partial charge is 0.405 e. The lowest BCUT2D eigenvalue weighted by molar-refractivity contribution is -0.394. The maximum Gasteiger partial charge on any atom is 0.261 e. The van der Waals surface area contributed by atoms with Crippen LogP contribution in [-0.2, 0) is 98.0 Å². The summed E-state index contributed by atoms with van der Waals surface area (Å²) in [6, 6.07) is 92.2. The summed E-state index contributed by atoms with van der Waals surface area (Å²) in [5.74, 6) is 0. The standard InChI is InChI=1S/C77H82O11Si/c1-77(2,3)89(65-45-27-11-28-46-65,66-47-29-12-30-48-66)85-57-68-70(80-51-60-35-17-6-18-36-60)72(82-53-62-39-21-8-22-40-62)74(84-55-64-43-25-10-26-44-64)76(87-68)88-75-73(83-54-63-41-23-9-24-42-63)71(81-52-61-37-19-7-20-38-61)69(79-50-59-33-15-5-16-34-59)67(86-75)56-78-49-58-31-13-4-14-32-58/h4-48,67-76H,49-57H2,1-3H3/t67-,68-,69-,70-,71+,72+,73-,74-,75-,76-/m1/s1. The molecule has 2 fully saturated rings. The second-order valence-electron chi connectivity index (χ2n) is 23.8. The topological polar surface area (TPSA) is 102 Å². The molecule has 0 spiro atoms. The minimum Gasteiger partial charge on any atom is -0.405 e. The summed E-state index contributed by atoms with van der Waals surface area (Å²) in [6.07, 6.45) is -8.91. The Morgan fingerprint density at radius 2 is 0.539 bits per heavy atom. The Balaban J connectivity index is 1.04. The van der Waals surface area contributed by atoms with Crippen molar-refractivity contribution in [3.05, 3.63) is 312 Å². The lowest BCUT2D eigenvalue weighted by Crippen LogP contribution is -2.69. The monoisotopic (exact) mass is 1210 g/mol. The van der Waals surface area contributed by atoms with Gasteiger partial charge in [-0.3, -0.25) is 0 Å². The molecule has 2 aliphatic rings. The summed E-state index contributed by atoms with van der Waals surface area (Å²) in [5, 5.41) is 1.89. The van der Waals surface area contributed by atoms with E-state index in [4.69, 9.17) is 51.8 Å². The molecule has 0 amide bonds. The van der Waals surface area contributed by atoms with Crippen molar-refractivity contribution in [3.63, 3.8) is 0 Å². The molecule has 2 heterocycles. The normalized spacial score (nSPS) is 22.1. The molecule has 11 rings (SSSR count). The predicted molar refractivity (Wildman–Crippen MR) is 348 cm³/mol. The van der Waals surface area contributed by atoms with Gasteiger partial charge >= 0.3 is 0 Å². The number of hydrogen-bond donors (Lipinski definition) is 0. The summed E-state index contributed by atoms with van der Waals surface area (Å²) in [7, 11) is -3.21. The third-order valence-corrected chi connectivity index (χ3v) is 21.4. The molecule has 0 aliphatic carbocycles. The van der Waals surface area contributed by atoms with E-state index in [1.54, 1.807) is 0 Å². The van der Waals surface area contributed by atoms with E-state index in [1.807, 2.05) is 164 Å². The van der Waals surface area contributed by atoms with Gasteiger partial charge in [-0.15, -0.1) is 0 Å². The Kier molecular flexibility index (Phi) is 22.8. The summed E-state index contributed by atoms with van der Waals surface area (Å²) >= 11 is 0. The van der Waals surface area contributed by atoms with Gasteiger partial charge in [-0.25, -0.2) is 0 Å². The Hall–Kier alpha value is -7.24. The molecule has 9 aromatic carbocycles. The molecule has 0 bridgehead atoms. The molecule has 0 N–H and O–H groups in total. The van der Waals surface area contributed by atoms with Crippen LogP contribution in [0, 0.1) is 0 Å². The first-order valence-corrected chi connectivity index (χ1v) is 32.9. The van der Waals surface area contributed by atoms with Crippen LogP contribution in [0.15, 0.2) is 273 Å². The molecule has 89 heavy (non-hydrogen) atoms. The Labute approximate surface area is 526 Å². The molecule has 0 radical (unpaired) electrons. The minimum absolute atomic E-state index is 0.0941. The SMILES string of the molecule is CC(C)(C)[Si](OC[C@H]1O[C@H](O[C@H]2O[C@H](COCc3ccccc3)[C@@H](OCc3ccccc3)[C@H](OCc3ccccc3)[C@H]2OCc2ccccc2)[C@H](OCc2ccccc2)[C@@H](OCc2ccccc2)[C@@H]1OCc1ccccc1)(c1ccccc1)c1ccccc1. The van der Waals surface area contributed by atoms with E-state index in [9.17, 15) is 0 Å². The van der Waals surface area contributed by atoms with E-state index in [0.717, 1.165) is 49.3 Å². The highest BCUT2D eigenvalue weighted by atomic mass is 28.4. The highest BCUT2D eigenvalue weighted by molar-refractivity contribution is 6.99. The number of rotatable bonds is 29. The second-order valence-corrected chi connectivity index (χ2v) is 28.1. The van der Waals surface area contributed by atoms with E-state index in [0.29, 0.717) is 6.61 Å². The maximum absolute atomic E-state index is 7.85. The third kappa shape index (κ3) is 17.0. The van der Waals surface area contributed by atoms with Crippen molar-refractivity contribution in [3.8, 4) is 0 Å². The fourth-order valence-corrected chi connectivity index (χ4v) is 16.5. The van der Waals surface area contributed by atoms with Gasteiger partial charge in [-0.05, 0) is 54.4 Å². The van der Waals surface area contributed by atoms with Crippen LogP contribution in [0.25, 0.3) is 0 Å². The van der Waals surface area contributed by atoms with Crippen molar-refractivity contribution in [2.24, 2.45) is 0 Å². The molecule has 11 nitrogen and oxygen atoms in total. The quantitative estimate of drug-likeness (QED) is 0.0419. The average molecular weight is 1210 g/mol. The third-order valence-electron chi connectivity index (χ3n) is 16.4. The first kappa shape index (κ1) is 63.3. The van der Waals surface area contributed by atoms with E-state index >= 15 is 0 Å². The lowest BCUT2D eigenvalue weighted by atomic mass is 9.96. The highest BCUT2D eigenvalue weighted by Gasteiger charge is 2.56. The van der Waals surface area contributed by atoms with Crippen molar-refractivity contribution in [2.75, 3.05) is 13.2 Å². The van der Waals surface area contributed by atoms with Gasteiger partial charge in [0.1, 0.15) is 48.8 Å². The first-order chi connectivity index (χ1) is 43.8. The van der Waals surface area contributed by atoms with Crippen molar-refractivity contribution in [1.82, 2.24) is 0 Å². The van der Waals surface area contributed by atoms with Gasteiger partial charge in [-0.2, -0.15) is 0 Å². The molecule has 10 atom stereocenters. The molecule has 12 heteroatoms. The van der Waals surface area contributed by atoms with Crippen molar-refractivity contribution in [1.29, 1.82) is 0 Å². The molecule has 0 saturated carbocycles. The van der Waals surface area contributed by atoms with Crippen LogP contribution in [0.5, 0.6) is 0 Å². The van der Waals surface area contributed by atoms with Crippen LogP contribution in [0.3, 0.4) is 0 Å². The second kappa shape index (κ2) is 32.0. The summed E-state index contributed by atoms with van der Waals surface area (Å²) in [6.45, 7) is 8.77. The summed E-state index contributed by atoms with van der Waals surface area (Å²) in [4.78, 5) is 0. The van der Waals surface area contributed by atoms with Crippen LogP contribution in [-0.4, -0.2) is 82.9 Å². The van der Waals surface area contributed by atoms with Crippen LogP contribution >= 0.6 is 0 Å². The smallest absolute Gasteiger partial charge is 0.261 e. The first-order valence-electron chi connectivity index (χ1n) is 31.0. The van der Waals surface area contributed by atoms with Gasteiger partial charge in [0.2, 0.25) is 0 Å². The van der Waals surface area contributed by atoms with Crippen LogP contribution in [0.1, 0.15) is 59.7 Å². The van der Waals surface area contributed by atoms with Crippen molar-refractivity contribution in [2.45, 2.75) is 133 Å². The zero-order valence-electron chi connectivity index (χ0n) is 51.1. The molecule has 9 aromatic rings. The maximum atomic E-state index is 7.85. The molecule has 0 unspecified atom stereocenters. The van der Waals surface area contributed by atoms with Crippen molar-refractivity contribution >= 4 is 18.7 Å². The van der Waals surface area contributed by atoms with E-state index < -0.39 is 69.7 Å². The Morgan fingerprint density at radius 1 is 0.292 bits per heavy atom. The van der Waals surface area contributed by atoms with Gasteiger partial charge in [0.25, 0.3) is 8.32 Å². The van der Waals surface area contributed by atoms with Crippen LogP contribution in [0.4, 0.5) is 0 Å². The fraction of sp³-hybridized carbons (Fsp3) is 0.299. The molecule has 2 saturated heterocycles. The molecule has 0 aromatic heterocycles. The van der Waals surface area contributed by atoms with E-state index in [2.05, 4.69) is 130 Å². The van der Waals surface area contributed by atoms with Crippen molar-refractivity contribution < 1.29 is 51.8 Å². The molecule has 2 aliphatic heterocycles. The summed E-state index contributed by atoms with van der Waals surface area (Å²) in [5.41, 5.74) is 6.85. The molecular formula is C77H82O11Si. The van der Waals surface area contributed by atoms with Gasteiger partial charge in [0.05, 0.1) is 59.5 Å². The van der Waals surface area contributed by atoms with Gasteiger partial charge < -0.3 is 51.8 Å². The average Bonchev–Trinajstić information content (AvgIpc) is 1.42. The minimum atomic E-state index is -3.21. The zero-order chi connectivity index (χ0) is 60.9.